The molecule has 0 radical (unpaired) electrons. The number of nitrogens with one attached hydrogen (secondary N) is 1. The largest absolute Gasteiger partial charge is 0.370 e. The highest BCUT2D eigenvalue weighted by Gasteiger charge is 2.34. The number of aromatic nitrogens is 1. The Morgan fingerprint density at radius 2 is 2.19 bits per heavy atom. The van der Waals surface area contributed by atoms with Crippen molar-refractivity contribution in [1.29, 1.82) is 0 Å². The van der Waals surface area contributed by atoms with Crippen LogP contribution in [0, 0.1) is 5.82 Å². The second-order valence-electron chi connectivity index (χ2n) is 6.04. The number of rotatable bonds is 3. The van der Waals surface area contributed by atoms with Gasteiger partial charge in [-0.3, -0.25) is 9.69 Å². The van der Waals surface area contributed by atoms with Crippen LogP contribution in [0.25, 0.3) is 0 Å². The summed E-state index contributed by atoms with van der Waals surface area (Å²) in [5.41, 5.74) is 0.213. The van der Waals surface area contributed by atoms with Crippen molar-refractivity contribution < 1.29 is 9.18 Å². The predicted octanol–water partition coefficient (Wildman–Crippen LogP) is 1.82. The number of halogens is 1. The Morgan fingerprint density at radius 3 is 2.81 bits per heavy atom. The molecule has 2 heterocycles. The topological polar surface area (TPSA) is 48.5 Å². The van der Waals surface area contributed by atoms with Crippen molar-refractivity contribution in [2.75, 3.05) is 38.5 Å². The van der Waals surface area contributed by atoms with Gasteiger partial charge in [-0.25, -0.2) is 9.37 Å². The lowest BCUT2D eigenvalue weighted by atomic mass is 9.99. The number of carbonyl (C=O) groups excluding carboxylic acids is 1. The molecule has 6 heteroatoms. The van der Waals surface area contributed by atoms with E-state index >= 15 is 0 Å². The molecule has 1 fully saturated rings. The monoisotopic (exact) mass is 294 g/mol. The molecule has 1 aromatic heterocycles. The Kier molecular flexibility index (Phi) is 4.46. The fourth-order valence-corrected chi connectivity index (χ4v) is 2.49. The molecule has 0 aliphatic carbocycles. The van der Waals surface area contributed by atoms with Crippen LogP contribution < -0.4 is 5.32 Å². The molecule has 2 rings (SSSR count). The number of likely N-dealkylation sites (N-methyl/N-ethyl adjacent to an activating group) is 1. The molecular formula is C15H23FN4O. The van der Waals surface area contributed by atoms with Crippen LogP contribution in [-0.2, 0) is 0 Å². The smallest absolute Gasteiger partial charge is 0.257 e. The number of pyridine rings is 1. The van der Waals surface area contributed by atoms with Crippen molar-refractivity contribution in [3.63, 3.8) is 0 Å². The Hall–Kier alpha value is -1.69. The molecule has 1 amide bonds. The summed E-state index contributed by atoms with van der Waals surface area (Å²) in [5.74, 6) is -0.215. The predicted molar refractivity (Wildman–Crippen MR) is 81.0 cm³/mol. The third-order valence-corrected chi connectivity index (χ3v) is 4.03. The molecule has 0 spiro atoms. The Balaban J connectivity index is 2.26. The third kappa shape index (κ3) is 3.32. The second kappa shape index (κ2) is 5.97. The van der Waals surface area contributed by atoms with Gasteiger partial charge in [-0.05, 0) is 33.9 Å². The number of hydrogen-bond donors (Lipinski definition) is 1. The Labute approximate surface area is 125 Å². The molecule has 0 aromatic carbocycles. The van der Waals surface area contributed by atoms with Crippen LogP contribution >= 0.6 is 0 Å². The SMILES string of the molecule is CCNc1ncc(F)cc1C(=O)N1CCN(C)C(C)(C)C1. The van der Waals surface area contributed by atoms with E-state index in [0.717, 1.165) is 12.7 Å². The van der Waals surface area contributed by atoms with Crippen LogP contribution in [-0.4, -0.2) is 59.5 Å². The molecule has 0 bridgehead atoms. The third-order valence-electron chi connectivity index (χ3n) is 4.03. The van der Waals surface area contributed by atoms with Crippen molar-refractivity contribution in [1.82, 2.24) is 14.8 Å². The van der Waals surface area contributed by atoms with Crippen molar-refractivity contribution in [3.05, 3.63) is 23.6 Å². The molecule has 1 aliphatic heterocycles. The average Bonchev–Trinajstić information content (AvgIpc) is 2.43. The van der Waals surface area contributed by atoms with Gasteiger partial charge in [0.2, 0.25) is 0 Å². The number of piperazine rings is 1. The average molecular weight is 294 g/mol. The first-order chi connectivity index (χ1) is 9.85. The van der Waals surface area contributed by atoms with Crippen LogP contribution in [0.2, 0.25) is 0 Å². The van der Waals surface area contributed by atoms with Crippen LogP contribution in [0.3, 0.4) is 0 Å². The summed E-state index contributed by atoms with van der Waals surface area (Å²) < 4.78 is 13.5. The van der Waals surface area contributed by atoms with E-state index in [1.807, 2.05) is 6.92 Å². The maximum Gasteiger partial charge on any atom is 0.257 e. The highest BCUT2D eigenvalue weighted by molar-refractivity contribution is 5.98. The zero-order valence-electron chi connectivity index (χ0n) is 13.1. The fraction of sp³-hybridized carbons (Fsp3) is 0.600. The van der Waals surface area contributed by atoms with Crippen LogP contribution in [0.5, 0.6) is 0 Å². The molecule has 5 nitrogen and oxygen atoms in total. The highest BCUT2D eigenvalue weighted by atomic mass is 19.1. The molecule has 0 atom stereocenters. The Morgan fingerprint density at radius 1 is 1.48 bits per heavy atom. The summed E-state index contributed by atoms with van der Waals surface area (Å²) in [4.78, 5) is 20.7. The van der Waals surface area contributed by atoms with E-state index in [1.54, 1.807) is 4.90 Å². The molecule has 21 heavy (non-hydrogen) atoms. The van der Waals surface area contributed by atoms with Crippen molar-refractivity contribution in [3.8, 4) is 0 Å². The summed E-state index contributed by atoms with van der Waals surface area (Å²) in [7, 11) is 2.05. The zero-order valence-corrected chi connectivity index (χ0v) is 13.1. The van der Waals surface area contributed by atoms with Gasteiger partial charge in [0.25, 0.3) is 5.91 Å². The molecular weight excluding hydrogens is 271 g/mol. The summed E-state index contributed by atoms with van der Waals surface area (Å²) in [5, 5.41) is 3.02. The summed E-state index contributed by atoms with van der Waals surface area (Å²) in [6.07, 6.45) is 1.13. The molecule has 0 saturated carbocycles. The Bertz CT molecular complexity index is 532. The molecule has 0 unspecified atom stereocenters. The van der Waals surface area contributed by atoms with Gasteiger partial charge in [-0.15, -0.1) is 0 Å². The molecule has 116 valence electrons. The number of nitrogens with zero attached hydrogens (tertiary/aromatic N) is 3. The number of anilines is 1. The van der Waals surface area contributed by atoms with E-state index < -0.39 is 5.82 Å². The summed E-state index contributed by atoms with van der Waals surface area (Å²) in [6.45, 7) is 8.80. The molecule has 1 N–H and O–H groups in total. The van der Waals surface area contributed by atoms with Gasteiger partial charge in [-0.1, -0.05) is 0 Å². The van der Waals surface area contributed by atoms with Crippen molar-refractivity contribution in [2.24, 2.45) is 0 Å². The van der Waals surface area contributed by atoms with E-state index in [-0.39, 0.29) is 11.4 Å². The van der Waals surface area contributed by atoms with Gasteiger partial charge in [0.15, 0.2) is 0 Å². The van der Waals surface area contributed by atoms with Crippen molar-refractivity contribution >= 4 is 11.7 Å². The zero-order chi connectivity index (χ0) is 15.6. The van der Waals surface area contributed by atoms with Gasteiger partial charge in [0, 0.05) is 31.7 Å². The van der Waals surface area contributed by atoms with Crippen LogP contribution in [0.4, 0.5) is 10.2 Å². The minimum Gasteiger partial charge on any atom is -0.370 e. The lowest BCUT2D eigenvalue weighted by Crippen LogP contribution is -2.58. The quantitative estimate of drug-likeness (QED) is 0.924. The van der Waals surface area contributed by atoms with Crippen molar-refractivity contribution in [2.45, 2.75) is 26.3 Å². The second-order valence-corrected chi connectivity index (χ2v) is 6.04. The van der Waals surface area contributed by atoms with Gasteiger partial charge < -0.3 is 10.2 Å². The minimum absolute atomic E-state index is 0.0903. The van der Waals surface area contributed by atoms with E-state index in [0.29, 0.717) is 31.0 Å². The first kappa shape index (κ1) is 15.7. The van der Waals surface area contributed by atoms with Gasteiger partial charge >= 0.3 is 0 Å². The summed E-state index contributed by atoms with van der Waals surface area (Å²) >= 11 is 0. The standard InChI is InChI=1S/C15H23FN4O/c1-5-17-13-12(8-11(16)9-18-13)14(21)20-7-6-19(4)15(2,3)10-20/h8-9H,5-7,10H2,1-4H3,(H,17,18). The van der Waals surface area contributed by atoms with E-state index in [9.17, 15) is 9.18 Å². The maximum atomic E-state index is 13.5. The molecule has 1 aromatic rings. The summed E-state index contributed by atoms with van der Waals surface area (Å²) in [6, 6.07) is 1.26. The minimum atomic E-state index is -0.492. The lowest BCUT2D eigenvalue weighted by molar-refractivity contribution is 0.0311. The normalized spacial score (nSPS) is 18.6. The lowest BCUT2D eigenvalue weighted by Gasteiger charge is -2.45. The van der Waals surface area contributed by atoms with Crippen LogP contribution in [0.15, 0.2) is 12.3 Å². The number of hydrogen-bond acceptors (Lipinski definition) is 4. The fourth-order valence-electron chi connectivity index (χ4n) is 2.49. The van der Waals surface area contributed by atoms with Crippen LogP contribution in [0.1, 0.15) is 31.1 Å². The highest BCUT2D eigenvalue weighted by Crippen LogP contribution is 2.22. The maximum absolute atomic E-state index is 13.5. The molecule has 1 saturated heterocycles. The van der Waals surface area contributed by atoms with Gasteiger partial charge in [0.1, 0.15) is 11.6 Å². The number of amides is 1. The first-order valence-corrected chi connectivity index (χ1v) is 7.25. The van der Waals surface area contributed by atoms with E-state index in [4.69, 9.17) is 0 Å². The van der Waals surface area contributed by atoms with E-state index in [2.05, 4.69) is 36.1 Å². The van der Waals surface area contributed by atoms with E-state index in [1.165, 1.54) is 6.07 Å². The first-order valence-electron chi connectivity index (χ1n) is 7.25. The number of carbonyl (C=O) groups is 1. The van der Waals surface area contributed by atoms with Gasteiger partial charge in [0.05, 0.1) is 11.8 Å². The molecule has 1 aliphatic rings. The van der Waals surface area contributed by atoms with Gasteiger partial charge in [-0.2, -0.15) is 0 Å².